The van der Waals surface area contributed by atoms with Crippen LogP contribution in [0.3, 0.4) is 0 Å². The number of benzene rings is 2. The molecular formula is C24H21N3O2. The van der Waals surface area contributed by atoms with Crippen LogP contribution >= 0.6 is 0 Å². The van der Waals surface area contributed by atoms with E-state index in [-0.39, 0.29) is 17.3 Å². The van der Waals surface area contributed by atoms with Gasteiger partial charge in [0.1, 0.15) is 0 Å². The van der Waals surface area contributed by atoms with Crippen molar-refractivity contribution in [1.82, 2.24) is 14.1 Å². The molecule has 29 heavy (non-hydrogen) atoms. The zero-order valence-electron chi connectivity index (χ0n) is 16.3. The molecule has 0 atom stereocenters. The van der Waals surface area contributed by atoms with Crippen LogP contribution in [0.15, 0.2) is 94.9 Å². The monoisotopic (exact) mass is 383 g/mol. The number of aromatic nitrogens is 3. The number of hydrogen-bond donors (Lipinski definition) is 0. The van der Waals surface area contributed by atoms with Crippen molar-refractivity contribution in [3.8, 4) is 11.1 Å². The minimum Gasteiger partial charge on any atom is -0.288 e. The summed E-state index contributed by atoms with van der Waals surface area (Å²) in [6.45, 7) is 1.91. The van der Waals surface area contributed by atoms with Gasteiger partial charge >= 0.3 is 5.69 Å². The van der Waals surface area contributed by atoms with Crippen molar-refractivity contribution >= 4 is 0 Å². The predicted octanol–water partition coefficient (Wildman–Crippen LogP) is 3.56. The molecule has 5 nitrogen and oxygen atoms in total. The number of aryl methyl sites for hydroxylation is 1. The van der Waals surface area contributed by atoms with Crippen molar-refractivity contribution in [3.05, 3.63) is 123 Å². The first-order valence-corrected chi connectivity index (χ1v) is 9.41. The smallest absolute Gasteiger partial charge is 0.288 e. The van der Waals surface area contributed by atoms with E-state index >= 15 is 0 Å². The Morgan fingerprint density at radius 2 is 1.41 bits per heavy atom. The van der Waals surface area contributed by atoms with E-state index in [1.807, 2.05) is 67.6 Å². The zero-order chi connectivity index (χ0) is 20.4. The van der Waals surface area contributed by atoms with Gasteiger partial charge in [0.05, 0.1) is 11.6 Å². The van der Waals surface area contributed by atoms with Crippen LogP contribution in [0.25, 0.3) is 11.1 Å². The lowest BCUT2D eigenvalue weighted by Gasteiger charge is -2.22. The molecular weight excluding hydrogens is 362 g/mol. The minimum atomic E-state index is -0.358. The van der Waals surface area contributed by atoms with Crippen LogP contribution in [-0.4, -0.2) is 14.1 Å². The molecule has 0 radical (unpaired) electrons. The molecule has 0 saturated heterocycles. The van der Waals surface area contributed by atoms with Crippen LogP contribution in [0.1, 0.15) is 22.7 Å². The van der Waals surface area contributed by atoms with Crippen LogP contribution in [0.5, 0.6) is 0 Å². The Morgan fingerprint density at radius 3 is 1.97 bits per heavy atom. The molecule has 0 aliphatic rings. The van der Waals surface area contributed by atoms with E-state index < -0.39 is 0 Å². The molecule has 2 aromatic heterocycles. The Labute approximate surface area is 168 Å². The topological polar surface area (TPSA) is 56.9 Å². The molecule has 0 aliphatic heterocycles. The molecule has 0 spiro atoms. The van der Waals surface area contributed by atoms with E-state index in [1.54, 1.807) is 29.2 Å². The van der Waals surface area contributed by atoms with Crippen LogP contribution < -0.4 is 11.2 Å². The second-order valence-corrected chi connectivity index (χ2v) is 7.01. The van der Waals surface area contributed by atoms with Crippen molar-refractivity contribution in [2.24, 2.45) is 7.05 Å². The standard InChI is InChI=1S/C24H21N3O2/c1-17-15-25-14-13-20(17)21-16-27(24(29)26(2)23(21)28)22(18-9-5-3-6-10-18)19-11-7-4-8-12-19/h3-16,22H,1-2H3. The highest BCUT2D eigenvalue weighted by Gasteiger charge is 2.21. The summed E-state index contributed by atoms with van der Waals surface area (Å²) in [5.74, 6) is 0. The van der Waals surface area contributed by atoms with E-state index in [0.717, 1.165) is 22.3 Å². The minimum absolute atomic E-state index is 0.319. The molecule has 144 valence electrons. The van der Waals surface area contributed by atoms with E-state index in [1.165, 1.54) is 11.6 Å². The highest BCUT2D eigenvalue weighted by Crippen LogP contribution is 2.27. The van der Waals surface area contributed by atoms with Crippen LogP contribution in [0.2, 0.25) is 0 Å². The first-order chi connectivity index (χ1) is 14.1. The summed E-state index contributed by atoms with van der Waals surface area (Å²) in [7, 11) is 1.52. The van der Waals surface area contributed by atoms with Crippen LogP contribution in [0, 0.1) is 6.92 Å². The normalized spacial score (nSPS) is 11.0. The maximum Gasteiger partial charge on any atom is 0.331 e. The van der Waals surface area contributed by atoms with Crippen molar-refractivity contribution in [2.45, 2.75) is 13.0 Å². The summed E-state index contributed by atoms with van der Waals surface area (Å²) in [4.78, 5) is 30.2. The fraction of sp³-hybridized carbons (Fsp3) is 0.125. The molecule has 0 saturated carbocycles. The maximum atomic E-state index is 13.2. The van der Waals surface area contributed by atoms with Gasteiger partial charge in [-0.15, -0.1) is 0 Å². The maximum absolute atomic E-state index is 13.2. The molecule has 5 heteroatoms. The number of nitrogens with zero attached hydrogens (tertiary/aromatic N) is 3. The Bertz CT molecular complexity index is 1220. The van der Waals surface area contributed by atoms with Crippen LogP contribution in [0.4, 0.5) is 0 Å². The molecule has 0 N–H and O–H groups in total. The third-order valence-corrected chi connectivity index (χ3v) is 5.13. The zero-order valence-corrected chi connectivity index (χ0v) is 16.3. The van der Waals surface area contributed by atoms with Gasteiger partial charge in [0.25, 0.3) is 5.56 Å². The van der Waals surface area contributed by atoms with Crippen molar-refractivity contribution in [1.29, 1.82) is 0 Å². The van der Waals surface area contributed by atoms with Crippen LogP contribution in [-0.2, 0) is 7.05 Å². The molecule has 0 unspecified atom stereocenters. The number of rotatable bonds is 4. The highest BCUT2D eigenvalue weighted by molar-refractivity contribution is 5.64. The summed E-state index contributed by atoms with van der Waals surface area (Å²) in [6, 6.07) is 21.1. The molecule has 4 aromatic rings. The second-order valence-electron chi connectivity index (χ2n) is 7.01. The van der Waals surface area contributed by atoms with E-state index in [2.05, 4.69) is 4.98 Å². The molecule has 4 rings (SSSR count). The van der Waals surface area contributed by atoms with Gasteiger partial charge in [0.2, 0.25) is 0 Å². The first-order valence-electron chi connectivity index (χ1n) is 9.41. The van der Waals surface area contributed by atoms with Gasteiger partial charge in [-0.05, 0) is 35.2 Å². The van der Waals surface area contributed by atoms with Gasteiger partial charge in [-0.25, -0.2) is 4.79 Å². The SMILES string of the molecule is Cc1cnccc1-c1cn(C(c2ccccc2)c2ccccc2)c(=O)n(C)c1=O. The second kappa shape index (κ2) is 7.72. The Kier molecular flexibility index (Phi) is 4.96. The van der Waals surface area contributed by atoms with Crippen molar-refractivity contribution < 1.29 is 0 Å². The predicted molar refractivity (Wildman–Crippen MR) is 114 cm³/mol. The van der Waals surface area contributed by atoms with Gasteiger partial charge in [-0.3, -0.25) is 18.9 Å². The van der Waals surface area contributed by atoms with Gasteiger partial charge in [0, 0.05) is 25.6 Å². The molecule has 0 aliphatic carbocycles. The number of hydrogen-bond acceptors (Lipinski definition) is 3. The first kappa shape index (κ1) is 18.6. The Hall–Kier alpha value is -3.73. The van der Waals surface area contributed by atoms with E-state index in [0.29, 0.717) is 5.56 Å². The highest BCUT2D eigenvalue weighted by atomic mass is 16.2. The average molecular weight is 383 g/mol. The summed E-state index contributed by atoms with van der Waals surface area (Å²) >= 11 is 0. The quantitative estimate of drug-likeness (QED) is 0.541. The molecule has 0 amide bonds. The lowest BCUT2D eigenvalue weighted by Crippen LogP contribution is -2.40. The largest absolute Gasteiger partial charge is 0.331 e. The molecule has 0 fully saturated rings. The molecule has 2 aromatic carbocycles. The lowest BCUT2D eigenvalue weighted by atomic mass is 9.98. The molecule has 0 bridgehead atoms. The average Bonchev–Trinajstić information content (AvgIpc) is 2.76. The molecule has 2 heterocycles. The van der Waals surface area contributed by atoms with E-state index in [4.69, 9.17) is 0 Å². The summed E-state index contributed by atoms with van der Waals surface area (Å²) < 4.78 is 2.81. The summed E-state index contributed by atoms with van der Waals surface area (Å²) in [5, 5.41) is 0. The van der Waals surface area contributed by atoms with Crippen molar-refractivity contribution in [2.75, 3.05) is 0 Å². The fourth-order valence-electron chi connectivity index (χ4n) is 3.62. The third-order valence-electron chi connectivity index (χ3n) is 5.13. The summed E-state index contributed by atoms with van der Waals surface area (Å²) in [5.41, 5.74) is 3.39. The van der Waals surface area contributed by atoms with E-state index in [9.17, 15) is 9.59 Å². The Balaban J connectivity index is 2.03. The summed E-state index contributed by atoms with van der Waals surface area (Å²) in [6.07, 6.45) is 5.05. The lowest BCUT2D eigenvalue weighted by molar-refractivity contribution is 0.586. The van der Waals surface area contributed by atoms with Gasteiger partial charge < -0.3 is 0 Å². The third kappa shape index (κ3) is 3.43. The fourth-order valence-corrected chi connectivity index (χ4v) is 3.62. The van der Waals surface area contributed by atoms with Gasteiger partial charge in [0.15, 0.2) is 0 Å². The number of pyridine rings is 1. The van der Waals surface area contributed by atoms with Gasteiger partial charge in [-0.1, -0.05) is 60.7 Å². The van der Waals surface area contributed by atoms with Crippen molar-refractivity contribution in [3.63, 3.8) is 0 Å². The van der Waals surface area contributed by atoms with Gasteiger partial charge in [-0.2, -0.15) is 0 Å². The Morgan fingerprint density at radius 1 is 0.828 bits per heavy atom.